The summed E-state index contributed by atoms with van der Waals surface area (Å²) in [7, 11) is 0.989. The number of esters is 6. The van der Waals surface area contributed by atoms with Crippen molar-refractivity contribution in [3.05, 3.63) is 30.3 Å². The molecule has 0 aliphatic carbocycles. The SMILES string of the molecule is COC(=O)[C@@]1(OC(C)=O)O[C@H]([C@H](OC(C)=O)[C@@H](COC(C)=O)OC(C)=O)[C@H](NC(C)=O)[C@H](OC(C)=O)[C@@H]1Sc1ccccc1. The smallest absolute Gasteiger partial charge is 0.381 e. The quantitative estimate of drug-likeness (QED) is 0.249. The number of methoxy groups -OCH3 is 1. The number of nitrogens with one attached hydrogen (secondary N) is 1. The Labute approximate surface area is 257 Å². The van der Waals surface area contributed by atoms with Crippen LogP contribution in [0.2, 0.25) is 0 Å². The van der Waals surface area contributed by atoms with Crippen LogP contribution in [0.25, 0.3) is 0 Å². The van der Waals surface area contributed by atoms with Crippen LogP contribution in [0.4, 0.5) is 0 Å². The molecule has 0 unspecified atom stereocenters. The van der Waals surface area contributed by atoms with E-state index in [1.807, 2.05) is 0 Å². The van der Waals surface area contributed by atoms with Gasteiger partial charge in [0.25, 0.3) is 0 Å². The third-order valence-electron chi connectivity index (χ3n) is 5.90. The van der Waals surface area contributed by atoms with Crippen LogP contribution in [0.1, 0.15) is 41.5 Å². The average Bonchev–Trinajstić information content (AvgIpc) is 2.91. The van der Waals surface area contributed by atoms with E-state index in [9.17, 15) is 33.6 Å². The minimum Gasteiger partial charge on any atom is -0.464 e. The summed E-state index contributed by atoms with van der Waals surface area (Å²) >= 11 is 0.905. The lowest BCUT2D eigenvalue weighted by atomic mass is 9.87. The van der Waals surface area contributed by atoms with Crippen molar-refractivity contribution in [3.8, 4) is 0 Å². The number of hydrogen-bond acceptors (Lipinski definition) is 15. The van der Waals surface area contributed by atoms with Crippen LogP contribution in [-0.4, -0.2) is 96.9 Å². The molecule has 1 fully saturated rings. The highest BCUT2D eigenvalue weighted by Crippen LogP contribution is 2.45. The third kappa shape index (κ3) is 9.67. The van der Waals surface area contributed by atoms with Crippen molar-refractivity contribution in [2.24, 2.45) is 0 Å². The summed E-state index contributed by atoms with van der Waals surface area (Å²) in [6.07, 6.45) is -6.67. The van der Waals surface area contributed by atoms with Gasteiger partial charge in [-0.05, 0) is 12.1 Å². The lowest BCUT2D eigenvalue weighted by molar-refractivity contribution is -0.300. The van der Waals surface area contributed by atoms with Gasteiger partial charge >= 0.3 is 41.6 Å². The van der Waals surface area contributed by atoms with Gasteiger partial charge in [0.2, 0.25) is 5.91 Å². The van der Waals surface area contributed by atoms with Gasteiger partial charge in [0.15, 0.2) is 12.2 Å². The first-order valence-corrected chi connectivity index (χ1v) is 14.1. The van der Waals surface area contributed by atoms with Gasteiger partial charge < -0.3 is 38.5 Å². The number of carbonyl (C=O) groups is 7. The molecule has 242 valence electrons. The van der Waals surface area contributed by atoms with E-state index in [0.717, 1.165) is 60.4 Å². The molecule has 0 saturated carbocycles. The van der Waals surface area contributed by atoms with Gasteiger partial charge in [-0.25, -0.2) is 4.79 Å². The zero-order valence-corrected chi connectivity index (χ0v) is 26.0. The van der Waals surface area contributed by atoms with E-state index in [0.29, 0.717) is 4.90 Å². The highest BCUT2D eigenvalue weighted by Gasteiger charge is 2.66. The second-order valence-electron chi connectivity index (χ2n) is 9.51. The monoisotopic (exact) mass is 641 g/mol. The van der Waals surface area contributed by atoms with E-state index in [1.54, 1.807) is 30.3 Å². The molecule has 1 aliphatic rings. The van der Waals surface area contributed by atoms with Crippen LogP contribution < -0.4 is 5.32 Å². The minimum absolute atomic E-state index is 0.503. The summed E-state index contributed by atoms with van der Waals surface area (Å²) in [5, 5.41) is 1.14. The summed E-state index contributed by atoms with van der Waals surface area (Å²) in [5.74, 6) is -9.14. The van der Waals surface area contributed by atoms with Gasteiger partial charge in [-0.3, -0.25) is 28.8 Å². The molecule has 15 nitrogen and oxygen atoms in total. The predicted molar refractivity (Wildman–Crippen MR) is 148 cm³/mol. The van der Waals surface area contributed by atoms with E-state index in [-0.39, 0.29) is 0 Å². The standard InChI is InChI=1S/C28H35NO14S/c1-14(30)29-22-24(23(40-17(4)33)21(39-16(3)32)13-38-15(2)31)43-28(27(36)37-7,42-19(6)35)26(25(22)41-18(5)34)44-20-11-9-8-10-12-20/h8-12,21-26H,13H2,1-7H3,(H,29,30)/t21-,22+,23-,24+,25+,26+,28+/m1/s1. The largest absolute Gasteiger partial charge is 0.464 e. The van der Waals surface area contributed by atoms with Gasteiger partial charge in [-0.1, -0.05) is 18.2 Å². The summed E-state index contributed by atoms with van der Waals surface area (Å²) in [6, 6.07) is 6.95. The lowest BCUT2D eigenvalue weighted by Crippen LogP contribution is -2.74. The normalized spacial score (nSPS) is 24.0. The second kappa shape index (κ2) is 16.0. The Morgan fingerprint density at radius 1 is 0.864 bits per heavy atom. The van der Waals surface area contributed by atoms with Crippen LogP contribution in [0.5, 0.6) is 0 Å². The fourth-order valence-corrected chi connectivity index (χ4v) is 5.84. The number of ether oxygens (including phenoxy) is 7. The zero-order chi connectivity index (χ0) is 33.2. The van der Waals surface area contributed by atoms with E-state index in [2.05, 4.69) is 5.32 Å². The van der Waals surface area contributed by atoms with Crippen molar-refractivity contribution in [3.63, 3.8) is 0 Å². The van der Waals surface area contributed by atoms with E-state index < -0.39 is 89.8 Å². The minimum atomic E-state index is -2.71. The van der Waals surface area contributed by atoms with Gasteiger partial charge in [0.05, 0.1) is 13.2 Å². The third-order valence-corrected chi connectivity index (χ3v) is 7.27. The molecule has 16 heteroatoms. The molecular weight excluding hydrogens is 606 g/mol. The number of rotatable bonds is 12. The topological polar surface area (TPSA) is 196 Å². The molecule has 7 atom stereocenters. The van der Waals surface area contributed by atoms with Crippen LogP contribution in [-0.2, 0) is 66.7 Å². The van der Waals surface area contributed by atoms with Crippen molar-refractivity contribution in [2.75, 3.05) is 13.7 Å². The molecule has 44 heavy (non-hydrogen) atoms. The number of amides is 1. The van der Waals surface area contributed by atoms with Crippen molar-refractivity contribution in [1.82, 2.24) is 5.32 Å². The molecule has 1 aromatic carbocycles. The Morgan fingerprint density at radius 2 is 1.48 bits per heavy atom. The first kappa shape index (κ1) is 36.0. The highest BCUT2D eigenvalue weighted by molar-refractivity contribution is 8.00. The predicted octanol–water partition coefficient (Wildman–Crippen LogP) is 0.841. The lowest BCUT2D eigenvalue weighted by Gasteiger charge is -2.51. The first-order valence-electron chi connectivity index (χ1n) is 13.2. The molecule has 0 radical (unpaired) electrons. The average molecular weight is 642 g/mol. The van der Waals surface area contributed by atoms with Crippen LogP contribution >= 0.6 is 11.8 Å². The maximum absolute atomic E-state index is 13.6. The van der Waals surface area contributed by atoms with E-state index >= 15 is 0 Å². The van der Waals surface area contributed by atoms with Crippen molar-refractivity contribution < 1.29 is 66.7 Å². The first-order chi connectivity index (χ1) is 20.6. The van der Waals surface area contributed by atoms with Gasteiger partial charge in [0, 0.05) is 46.4 Å². The zero-order valence-electron chi connectivity index (χ0n) is 25.2. The fourth-order valence-electron chi connectivity index (χ4n) is 4.52. The Morgan fingerprint density at radius 3 is 1.95 bits per heavy atom. The number of carbonyl (C=O) groups excluding carboxylic acids is 7. The summed E-state index contributed by atoms with van der Waals surface area (Å²) in [6.45, 7) is 5.64. The summed E-state index contributed by atoms with van der Waals surface area (Å²) < 4.78 is 38.3. The second-order valence-corrected chi connectivity index (χ2v) is 10.7. The van der Waals surface area contributed by atoms with E-state index in [1.165, 1.54) is 0 Å². The Kier molecular flexibility index (Phi) is 13.1. The van der Waals surface area contributed by atoms with Crippen molar-refractivity contribution >= 4 is 53.5 Å². The maximum Gasteiger partial charge on any atom is 0.381 e. The molecule has 0 bridgehead atoms. The molecule has 0 aromatic heterocycles. The molecule has 1 heterocycles. The van der Waals surface area contributed by atoms with Gasteiger partial charge in [0.1, 0.15) is 24.1 Å². The molecule has 1 aromatic rings. The molecule has 1 N–H and O–H groups in total. The van der Waals surface area contributed by atoms with Crippen LogP contribution in [0.3, 0.4) is 0 Å². The Bertz CT molecular complexity index is 1240. The molecule has 1 saturated heterocycles. The van der Waals surface area contributed by atoms with Crippen LogP contribution in [0, 0.1) is 0 Å². The van der Waals surface area contributed by atoms with Crippen molar-refractivity contribution in [2.45, 2.75) is 87.9 Å². The van der Waals surface area contributed by atoms with Crippen molar-refractivity contribution in [1.29, 1.82) is 0 Å². The number of thioether (sulfide) groups is 1. The molecule has 0 spiro atoms. The molecule has 1 aliphatic heterocycles. The Hall–Kier alpha value is -4.18. The number of hydrogen-bond donors (Lipinski definition) is 1. The number of benzene rings is 1. The van der Waals surface area contributed by atoms with E-state index in [4.69, 9.17) is 33.2 Å². The molecule has 1 amide bonds. The maximum atomic E-state index is 13.6. The fraction of sp³-hybridized carbons (Fsp3) is 0.536. The Balaban J connectivity index is 2.94. The van der Waals surface area contributed by atoms with Crippen LogP contribution in [0.15, 0.2) is 35.2 Å². The van der Waals surface area contributed by atoms with Gasteiger partial charge in [-0.15, -0.1) is 11.8 Å². The molecule has 2 rings (SSSR count). The summed E-state index contributed by atoms with van der Waals surface area (Å²) in [4.78, 5) is 87.8. The molecular formula is C28H35NO14S. The van der Waals surface area contributed by atoms with Gasteiger partial charge in [-0.2, -0.15) is 0 Å². The summed E-state index contributed by atoms with van der Waals surface area (Å²) in [5.41, 5.74) is 0. The highest BCUT2D eigenvalue weighted by atomic mass is 32.2.